The number of carbonyl (C=O) groups excluding carboxylic acids is 1. The Labute approximate surface area is 101 Å². The molecule has 0 aliphatic heterocycles. The normalized spacial score (nSPS) is 12.2. The molecule has 17 heavy (non-hydrogen) atoms. The van der Waals surface area contributed by atoms with E-state index in [1.165, 1.54) is 12.1 Å². The lowest BCUT2D eigenvalue weighted by Gasteiger charge is -2.12. The number of carbonyl (C=O) groups is 1. The van der Waals surface area contributed by atoms with Crippen LogP contribution in [0, 0.1) is 5.82 Å². The molecule has 1 rings (SSSR count). The molecule has 0 radical (unpaired) electrons. The summed E-state index contributed by atoms with van der Waals surface area (Å²) in [5.41, 5.74) is 0.833. The maximum atomic E-state index is 12.9. The summed E-state index contributed by atoms with van der Waals surface area (Å²) in [6.07, 6.45) is 0.904. The van der Waals surface area contributed by atoms with Crippen LogP contribution < -0.4 is 5.32 Å². The minimum atomic E-state index is -0.268. The lowest BCUT2D eigenvalue weighted by atomic mass is 10.1. The standard InChI is InChI=1S/C13H18FNO2/c1-10(9-17-2)15-13(16)7-6-11-4-3-5-12(14)8-11/h3-5,8,10H,6-7,9H2,1-2H3,(H,15,16)/t10-/m0/s1. The first-order valence-corrected chi connectivity index (χ1v) is 5.64. The zero-order valence-corrected chi connectivity index (χ0v) is 10.2. The summed E-state index contributed by atoms with van der Waals surface area (Å²) in [4.78, 5) is 11.5. The molecule has 0 aliphatic rings. The van der Waals surface area contributed by atoms with Gasteiger partial charge in [0.05, 0.1) is 6.61 Å². The van der Waals surface area contributed by atoms with Gasteiger partial charge in [-0.2, -0.15) is 0 Å². The highest BCUT2D eigenvalue weighted by atomic mass is 19.1. The molecule has 1 aromatic rings. The van der Waals surface area contributed by atoms with Gasteiger partial charge in [0.15, 0.2) is 0 Å². The first-order chi connectivity index (χ1) is 8.11. The predicted octanol–water partition coefficient (Wildman–Crippen LogP) is 1.91. The molecule has 1 aromatic carbocycles. The minimum Gasteiger partial charge on any atom is -0.383 e. The fraction of sp³-hybridized carbons (Fsp3) is 0.462. The van der Waals surface area contributed by atoms with E-state index in [1.807, 2.05) is 13.0 Å². The van der Waals surface area contributed by atoms with Crippen LogP contribution in [0.15, 0.2) is 24.3 Å². The van der Waals surface area contributed by atoms with Crippen molar-refractivity contribution < 1.29 is 13.9 Å². The summed E-state index contributed by atoms with van der Waals surface area (Å²) in [5.74, 6) is -0.311. The smallest absolute Gasteiger partial charge is 0.220 e. The molecule has 1 atom stereocenters. The third kappa shape index (κ3) is 5.45. The molecule has 0 aromatic heterocycles. The van der Waals surface area contributed by atoms with E-state index in [9.17, 15) is 9.18 Å². The van der Waals surface area contributed by atoms with Crippen molar-refractivity contribution in [3.05, 3.63) is 35.6 Å². The van der Waals surface area contributed by atoms with Crippen molar-refractivity contribution in [2.24, 2.45) is 0 Å². The topological polar surface area (TPSA) is 38.3 Å². The van der Waals surface area contributed by atoms with Crippen molar-refractivity contribution in [2.45, 2.75) is 25.8 Å². The highest BCUT2D eigenvalue weighted by Gasteiger charge is 2.07. The van der Waals surface area contributed by atoms with Gasteiger partial charge in [-0.25, -0.2) is 4.39 Å². The second-order valence-electron chi connectivity index (χ2n) is 4.05. The average Bonchev–Trinajstić information content (AvgIpc) is 2.27. The fourth-order valence-electron chi connectivity index (χ4n) is 1.59. The molecular formula is C13H18FNO2. The molecule has 0 spiro atoms. The van der Waals surface area contributed by atoms with Crippen LogP contribution in [0.5, 0.6) is 0 Å². The lowest BCUT2D eigenvalue weighted by molar-refractivity contribution is -0.122. The Morgan fingerprint density at radius 2 is 2.29 bits per heavy atom. The molecule has 0 fully saturated rings. The number of halogens is 1. The van der Waals surface area contributed by atoms with E-state index < -0.39 is 0 Å². The van der Waals surface area contributed by atoms with Crippen LogP contribution >= 0.6 is 0 Å². The van der Waals surface area contributed by atoms with Gasteiger partial charge in [0.1, 0.15) is 5.82 Å². The first kappa shape index (κ1) is 13.6. The van der Waals surface area contributed by atoms with Crippen molar-refractivity contribution in [3.63, 3.8) is 0 Å². The quantitative estimate of drug-likeness (QED) is 0.823. The monoisotopic (exact) mass is 239 g/mol. The van der Waals surface area contributed by atoms with Crippen molar-refractivity contribution in [3.8, 4) is 0 Å². The maximum Gasteiger partial charge on any atom is 0.220 e. The van der Waals surface area contributed by atoms with E-state index in [0.717, 1.165) is 5.56 Å². The largest absolute Gasteiger partial charge is 0.383 e. The summed E-state index contributed by atoms with van der Waals surface area (Å²) in [5, 5.41) is 2.81. The maximum absolute atomic E-state index is 12.9. The molecule has 4 heteroatoms. The van der Waals surface area contributed by atoms with Gasteiger partial charge in [0.2, 0.25) is 5.91 Å². The molecule has 0 heterocycles. The van der Waals surface area contributed by atoms with Crippen LogP contribution in [-0.2, 0) is 16.0 Å². The molecule has 1 N–H and O–H groups in total. The van der Waals surface area contributed by atoms with Gasteiger partial charge in [-0.05, 0) is 31.0 Å². The SMILES string of the molecule is COC[C@H](C)NC(=O)CCc1cccc(F)c1. The van der Waals surface area contributed by atoms with Crippen LogP contribution in [0.3, 0.4) is 0 Å². The van der Waals surface area contributed by atoms with Gasteiger partial charge in [-0.1, -0.05) is 12.1 Å². The Kier molecular flexibility index (Phi) is 5.63. The second kappa shape index (κ2) is 7.01. The molecule has 0 aliphatic carbocycles. The lowest BCUT2D eigenvalue weighted by Crippen LogP contribution is -2.35. The van der Waals surface area contributed by atoms with E-state index in [0.29, 0.717) is 19.4 Å². The second-order valence-corrected chi connectivity index (χ2v) is 4.05. The summed E-state index contributed by atoms with van der Waals surface area (Å²) >= 11 is 0. The third-order valence-electron chi connectivity index (χ3n) is 2.35. The summed E-state index contributed by atoms with van der Waals surface area (Å²) in [6.45, 7) is 2.37. The molecule has 0 saturated heterocycles. The summed E-state index contributed by atoms with van der Waals surface area (Å²) in [7, 11) is 1.59. The van der Waals surface area contributed by atoms with Crippen molar-refractivity contribution in [1.29, 1.82) is 0 Å². The number of hydrogen-bond acceptors (Lipinski definition) is 2. The Morgan fingerprint density at radius 3 is 2.94 bits per heavy atom. The highest BCUT2D eigenvalue weighted by Crippen LogP contribution is 2.06. The number of methoxy groups -OCH3 is 1. The van der Waals surface area contributed by atoms with Gasteiger partial charge in [-0.3, -0.25) is 4.79 Å². The minimum absolute atomic E-state index is 0.00000877. The number of aryl methyl sites for hydroxylation is 1. The fourth-order valence-corrected chi connectivity index (χ4v) is 1.59. The number of benzene rings is 1. The summed E-state index contributed by atoms with van der Waals surface area (Å²) in [6, 6.07) is 6.31. The average molecular weight is 239 g/mol. The molecule has 94 valence electrons. The van der Waals surface area contributed by atoms with Crippen molar-refractivity contribution in [2.75, 3.05) is 13.7 Å². The number of rotatable bonds is 6. The van der Waals surface area contributed by atoms with Crippen LogP contribution in [0.25, 0.3) is 0 Å². The van der Waals surface area contributed by atoms with Crippen molar-refractivity contribution in [1.82, 2.24) is 5.32 Å². The van der Waals surface area contributed by atoms with Crippen LogP contribution in [0.2, 0.25) is 0 Å². The molecule has 3 nitrogen and oxygen atoms in total. The molecule has 1 amide bonds. The number of ether oxygens (including phenoxy) is 1. The first-order valence-electron chi connectivity index (χ1n) is 5.64. The van der Waals surface area contributed by atoms with E-state index in [1.54, 1.807) is 13.2 Å². The van der Waals surface area contributed by atoms with Crippen LogP contribution in [0.1, 0.15) is 18.9 Å². The predicted molar refractivity (Wildman–Crippen MR) is 64.2 cm³/mol. The van der Waals surface area contributed by atoms with E-state index in [4.69, 9.17) is 4.74 Å². The highest BCUT2D eigenvalue weighted by molar-refractivity contribution is 5.76. The molecular weight excluding hydrogens is 221 g/mol. The Hall–Kier alpha value is -1.42. The zero-order chi connectivity index (χ0) is 12.7. The van der Waals surface area contributed by atoms with Gasteiger partial charge >= 0.3 is 0 Å². The third-order valence-corrected chi connectivity index (χ3v) is 2.35. The van der Waals surface area contributed by atoms with Gasteiger partial charge in [0, 0.05) is 19.6 Å². The number of nitrogens with one attached hydrogen (secondary N) is 1. The van der Waals surface area contributed by atoms with E-state index in [-0.39, 0.29) is 17.8 Å². The Morgan fingerprint density at radius 1 is 1.53 bits per heavy atom. The van der Waals surface area contributed by atoms with Gasteiger partial charge in [-0.15, -0.1) is 0 Å². The molecule has 0 unspecified atom stereocenters. The van der Waals surface area contributed by atoms with Gasteiger partial charge < -0.3 is 10.1 Å². The Bertz CT molecular complexity index is 368. The van der Waals surface area contributed by atoms with Crippen LogP contribution in [-0.4, -0.2) is 25.7 Å². The number of amides is 1. The molecule has 0 bridgehead atoms. The van der Waals surface area contributed by atoms with Crippen LogP contribution in [0.4, 0.5) is 4.39 Å². The van der Waals surface area contributed by atoms with Gasteiger partial charge in [0.25, 0.3) is 0 Å². The van der Waals surface area contributed by atoms with E-state index >= 15 is 0 Å². The zero-order valence-electron chi connectivity index (χ0n) is 10.2. The summed E-state index contributed by atoms with van der Waals surface area (Å²) < 4.78 is 17.8. The number of hydrogen-bond donors (Lipinski definition) is 1. The van der Waals surface area contributed by atoms with E-state index in [2.05, 4.69) is 5.32 Å². The molecule has 0 saturated carbocycles. The Balaban J connectivity index is 2.33. The van der Waals surface area contributed by atoms with Crippen molar-refractivity contribution >= 4 is 5.91 Å².